The van der Waals surface area contributed by atoms with Gasteiger partial charge in [0, 0.05) is 18.2 Å². The Labute approximate surface area is 120 Å². The number of nitrogens with zero attached hydrogens (tertiary/aromatic N) is 4. The first-order valence-corrected chi connectivity index (χ1v) is 6.31. The quantitative estimate of drug-likeness (QED) is 0.777. The van der Waals surface area contributed by atoms with Gasteiger partial charge in [-0.15, -0.1) is 10.2 Å². The van der Waals surface area contributed by atoms with E-state index in [0.29, 0.717) is 29.8 Å². The summed E-state index contributed by atoms with van der Waals surface area (Å²) in [7, 11) is 1.53. The maximum absolute atomic E-state index is 5.62. The molecule has 0 atom stereocenters. The number of nitrogens with two attached hydrogens (primary N) is 1. The first-order chi connectivity index (χ1) is 10.3. The molecule has 0 spiro atoms. The Kier molecular flexibility index (Phi) is 3.57. The largest absolute Gasteiger partial charge is 0.480 e. The van der Waals surface area contributed by atoms with Crippen LogP contribution in [0.4, 0.5) is 0 Å². The van der Waals surface area contributed by atoms with Gasteiger partial charge in [-0.1, -0.05) is 17.3 Å². The lowest BCUT2D eigenvalue weighted by atomic mass is 10.1. The van der Waals surface area contributed by atoms with Gasteiger partial charge in [0.2, 0.25) is 11.7 Å². The average molecular weight is 283 g/mol. The fourth-order valence-electron chi connectivity index (χ4n) is 1.82. The fraction of sp³-hybridized carbons (Fsp3) is 0.143. The monoisotopic (exact) mass is 283 g/mol. The summed E-state index contributed by atoms with van der Waals surface area (Å²) in [6.45, 7) is 0.457. The minimum Gasteiger partial charge on any atom is -0.480 e. The van der Waals surface area contributed by atoms with Crippen molar-refractivity contribution in [1.29, 1.82) is 0 Å². The van der Waals surface area contributed by atoms with Crippen LogP contribution in [0, 0.1) is 0 Å². The zero-order valence-corrected chi connectivity index (χ0v) is 11.4. The lowest BCUT2D eigenvalue weighted by Crippen LogP contribution is -1.95. The molecule has 7 heteroatoms. The van der Waals surface area contributed by atoms with Crippen LogP contribution in [-0.4, -0.2) is 27.4 Å². The lowest BCUT2D eigenvalue weighted by Gasteiger charge is -1.98. The van der Waals surface area contributed by atoms with Gasteiger partial charge in [0.15, 0.2) is 0 Å². The lowest BCUT2D eigenvalue weighted by molar-refractivity contribution is 0.392. The number of hydrogen-bond acceptors (Lipinski definition) is 7. The van der Waals surface area contributed by atoms with Crippen molar-refractivity contribution in [2.45, 2.75) is 6.54 Å². The van der Waals surface area contributed by atoms with E-state index in [1.807, 2.05) is 24.3 Å². The highest BCUT2D eigenvalue weighted by atomic mass is 16.5. The molecule has 0 aliphatic rings. The molecule has 3 rings (SSSR count). The van der Waals surface area contributed by atoms with E-state index in [0.717, 1.165) is 11.1 Å². The van der Waals surface area contributed by atoms with Crippen molar-refractivity contribution in [3.8, 4) is 28.9 Å². The molecule has 0 amide bonds. The van der Waals surface area contributed by atoms with Crippen LogP contribution in [0.1, 0.15) is 5.56 Å². The van der Waals surface area contributed by atoms with Gasteiger partial charge in [0.05, 0.1) is 7.11 Å². The second kappa shape index (κ2) is 5.68. The van der Waals surface area contributed by atoms with Gasteiger partial charge < -0.3 is 15.0 Å². The van der Waals surface area contributed by atoms with Crippen LogP contribution < -0.4 is 10.5 Å². The molecule has 2 aromatic heterocycles. The smallest absolute Gasteiger partial charge is 0.258 e. The van der Waals surface area contributed by atoms with Crippen molar-refractivity contribution in [3.63, 3.8) is 0 Å². The second-order valence-corrected chi connectivity index (χ2v) is 4.29. The van der Waals surface area contributed by atoms with E-state index in [1.165, 1.54) is 7.11 Å². The van der Waals surface area contributed by atoms with Gasteiger partial charge >= 0.3 is 0 Å². The third-order valence-electron chi connectivity index (χ3n) is 2.91. The van der Waals surface area contributed by atoms with Crippen molar-refractivity contribution in [2.24, 2.45) is 5.73 Å². The molecule has 0 fully saturated rings. The molecule has 0 aliphatic carbocycles. The SMILES string of the molecule is COc1ccc(-c2noc(-c3cccc(CN)c3)n2)nn1. The van der Waals surface area contributed by atoms with E-state index in [1.54, 1.807) is 12.1 Å². The maximum Gasteiger partial charge on any atom is 0.258 e. The van der Waals surface area contributed by atoms with Crippen molar-refractivity contribution >= 4 is 0 Å². The summed E-state index contributed by atoms with van der Waals surface area (Å²) < 4.78 is 10.2. The molecule has 0 aliphatic heterocycles. The average Bonchev–Trinajstić information content (AvgIpc) is 3.05. The van der Waals surface area contributed by atoms with Gasteiger partial charge in [-0.25, -0.2) is 0 Å². The van der Waals surface area contributed by atoms with Crippen LogP contribution in [0.3, 0.4) is 0 Å². The normalized spacial score (nSPS) is 10.6. The van der Waals surface area contributed by atoms with E-state index in [4.69, 9.17) is 15.0 Å². The number of methoxy groups -OCH3 is 1. The first kappa shape index (κ1) is 13.2. The summed E-state index contributed by atoms with van der Waals surface area (Å²) in [6.07, 6.45) is 0. The maximum atomic E-state index is 5.62. The molecular weight excluding hydrogens is 270 g/mol. The van der Waals surface area contributed by atoms with Crippen LogP contribution in [0.5, 0.6) is 5.88 Å². The Morgan fingerprint density at radius 1 is 1.19 bits per heavy atom. The third-order valence-corrected chi connectivity index (χ3v) is 2.91. The predicted octanol–water partition coefficient (Wildman–Crippen LogP) is 1.66. The summed E-state index contributed by atoms with van der Waals surface area (Å²) in [5.74, 6) is 1.22. The zero-order chi connectivity index (χ0) is 14.7. The van der Waals surface area contributed by atoms with E-state index in [2.05, 4.69) is 20.3 Å². The number of benzene rings is 1. The molecule has 0 bridgehead atoms. The molecule has 0 unspecified atom stereocenters. The standard InChI is InChI=1S/C14H13N5O2/c1-20-12-6-5-11(17-18-12)13-16-14(21-19-13)10-4-2-3-9(7-10)8-15/h2-7H,8,15H2,1H3. The summed E-state index contributed by atoms with van der Waals surface area (Å²) in [5, 5.41) is 11.8. The summed E-state index contributed by atoms with van der Waals surface area (Å²) in [6, 6.07) is 11.0. The molecule has 0 saturated heterocycles. The second-order valence-electron chi connectivity index (χ2n) is 4.29. The van der Waals surface area contributed by atoms with Gasteiger partial charge in [-0.05, 0) is 23.8 Å². The zero-order valence-electron chi connectivity index (χ0n) is 11.4. The first-order valence-electron chi connectivity index (χ1n) is 6.31. The number of rotatable bonds is 4. The summed E-state index contributed by atoms with van der Waals surface area (Å²) in [4.78, 5) is 4.32. The van der Waals surface area contributed by atoms with Crippen molar-refractivity contribution in [1.82, 2.24) is 20.3 Å². The van der Waals surface area contributed by atoms with Gasteiger partial charge in [0.1, 0.15) is 5.69 Å². The molecule has 1 aromatic carbocycles. The molecule has 2 heterocycles. The number of aromatic nitrogens is 4. The predicted molar refractivity (Wildman–Crippen MR) is 75.2 cm³/mol. The van der Waals surface area contributed by atoms with E-state index in [9.17, 15) is 0 Å². The van der Waals surface area contributed by atoms with Gasteiger partial charge in [-0.2, -0.15) is 4.98 Å². The highest BCUT2D eigenvalue weighted by Crippen LogP contribution is 2.22. The molecule has 0 saturated carbocycles. The van der Waals surface area contributed by atoms with Crippen LogP contribution in [0.15, 0.2) is 40.9 Å². The fourth-order valence-corrected chi connectivity index (χ4v) is 1.82. The summed E-state index contributed by atoms with van der Waals surface area (Å²) in [5.41, 5.74) is 7.95. The van der Waals surface area contributed by atoms with E-state index < -0.39 is 0 Å². The third kappa shape index (κ3) is 2.72. The molecule has 0 radical (unpaired) electrons. The Balaban J connectivity index is 1.91. The number of ether oxygens (including phenoxy) is 1. The van der Waals surface area contributed by atoms with Crippen molar-refractivity contribution in [3.05, 3.63) is 42.0 Å². The highest BCUT2D eigenvalue weighted by molar-refractivity contribution is 5.58. The Morgan fingerprint density at radius 3 is 2.81 bits per heavy atom. The van der Waals surface area contributed by atoms with Crippen LogP contribution in [-0.2, 0) is 6.54 Å². The molecule has 2 N–H and O–H groups in total. The number of hydrogen-bond donors (Lipinski definition) is 1. The minimum atomic E-state index is 0.373. The highest BCUT2D eigenvalue weighted by Gasteiger charge is 2.12. The van der Waals surface area contributed by atoms with Gasteiger partial charge in [0.25, 0.3) is 5.89 Å². The molecular formula is C14H13N5O2. The molecule has 3 aromatic rings. The Hall–Kier alpha value is -2.80. The van der Waals surface area contributed by atoms with Crippen molar-refractivity contribution < 1.29 is 9.26 Å². The molecule has 106 valence electrons. The molecule has 21 heavy (non-hydrogen) atoms. The van der Waals surface area contributed by atoms with Gasteiger partial charge in [-0.3, -0.25) is 0 Å². The summed E-state index contributed by atoms with van der Waals surface area (Å²) >= 11 is 0. The van der Waals surface area contributed by atoms with E-state index in [-0.39, 0.29) is 0 Å². The van der Waals surface area contributed by atoms with Crippen molar-refractivity contribution in [2.75, 3.05) is 7.11 Å². The Morgan fingerprint density at radius 2 is 2.10 bits per heavy atom. The minimum absolute atomic E-state index is 0.373. The van der Waals surface area contributed by atoms with Crippen LogP contribution in [0.2, 0.25) is 0 Å². The van der Waals surface area contributed by atoms with E-state index >= 15 is 0 Å². The van der Waals surface area contributed by atoms with Crippen LogP contribution >= 0.6 is 0 Å². The Bertz CT molecular complexity index is 739. The topological polar surface area (TPSA) is 100.0 Å². The van der Waals surface area contributed by atoms with Crippen LogP contribution in [0.25, 0.3) is 23.0 Å². The molecule has 7 nitrogen and oxygen atoms in total.